The van der Waals surface area contributed by atoms with Gasteiger partial charge in [0.2, 0.25) is 5.88 Å². The summed E-state index contributed by atoms with van der Waals surface area (Å²) < 4.78 is 7.57. The van der Waals surface area contributed by atoms with Crippen LogP contribution in [0, 0.1) is 11.8 Å². The van der Waals surface area contributed by atoms with E-state index in [4.69, 9.17) is 4.74 Å². The summed E-state index contributed by atoms with van der Waals surface area (Å²) in [4.78, 5) is 16.3. The fourth-order valence-corrected chi connectivity index (χ4v) is 3.13. The number of ether oxygens (including phenoxy) is 1. The highest BCUT2D eigenvalue weighted by Gasteiger charge is 2.21. The van der Waals surface area contributed by atoms with Crippen LogP contribution in [-0.2, 0) is 0 Å². The zero-order valence-electron chi connectivity index (χ0n) is 10.8. The van der Waals surface area contributed by atoms with E-state index in [1.54, 1.807) is 4.40 Å². The van der Waals surface area contributed by atoms with E-state index in [1.807, 2.05) is 11.6 Å². The number of thiazole rings is 1. The number of rotatable bonds is 4. The largest absolute Gasteiger partial charge is 0.476 e. The Hall–Kier alpha value is -1.62. The van der Waals surface area contributed by atoms with Gasteiger partial charge in [-0.15, -0.1) is 11.3 Å². The van der Waals surface area contributed by atoms with Crippen LogP contribution in [0.25, 0.3) is 4.96 Å². The number of allylic oxidation sites excluding steroid dienone is 2. The average Bonchev–Trinajstić information content (AvgIpc) is 2.97. The minimum Gasteiger partial charge on any atom is -0.476 e. The highest BCUT2D eigenvalue weighted by Crippen LogP contribution is 2.27. The van der Waals surface area contributed by atoms with Crippen LogP contribution < -0.4 is 4.74 Å². The van der Waals surface area contributed by atoms with Gasteiger partial charge in [0.15, 0.2) is 16.9 Å². The summed E-state index contributed by atoms with van der Waals surface area (Å²) in [5.74, 6) is 1.58. The quantitative estimate of drug-likeness (QED) is 0.636. The Balaban J connectivity index is 1.76. The number of aldehydes is 1. The molecule has 2 unspecified atom stereocenters. The molecule has 0 aromatic carbocycles. The second kappa shape index (κ2) is 5.17. The first-order valence-electron chi connectivity index (χ1n) is 6.48. The van der Waals surface area contributed by atoms with Gasteiger partial charge in [-0.1, -0.05) is 19.1 Å². The van der Waals surface area contributed by atoms with Crippen molar-refractivity contribution in [3.8, 4) is 5.88 Å². The van der Waals surface area contributed by atoms with Crippen molar-refractivity contribution >= 4 is 22.6 Å². The second-order valence-electron chi connectivity index (χ2n) is 4.97. The molecule has 2 atom stereocenters. The van der Waals surface area contributed by atoms with Crippen molar-refractivity contribution in [2.75, 3.05) is 6.61 Å². The molecule has 0 amide bonds. The minimum atomic E-state index is 0.462. The first-order chi connectivity index (χ1) is 9.29. The van der Waals surface area contributed by atoms with Gasteiger partial charge < -0.3 is 4.74 Å². The topological polar surface area (TPSA) is 43.6 Å². The Morgan fingerprint density at radius 2 is 2.37 bits per heavy atom. The van der Waals surface area contributed by atoms with E-state index < -0.39 is 0 Å². The zero-order chi connectivity index (χ0) is 13.2. The van der Waals surface area contributed by atoms with Crippen molar-refractivity contribution < 1.29 is 9.53 Å². The summed E-state index contributed by atoms with van der Waals surface area (Å²) in [6.07, 6.45) is 9.24. The molecule has 0 saturated carbocycles. The molecule has 2 aromatic heterocycles. The van der Waals surface area contributed by atoms with Crippen LogP contribution in [0.15, 0.2) is 23.7 Å². The number of nitrogens with zero attached hydrogens (tertiary/aromatic N) is 2. The molecule has 0 spiro atoms. The number of carbonyl (C=O) groups is 1. The van der Waals surface area contributed by atoms with Crippen molar-refractivity contribution in [3.05, 3.63) is 29.4 Å². The molecule has 0 saturated heterocycles. The highest BCUT2D eigenvalue weighted by atomic mass is 32.1. The van der Waals surface area contributed by atoms with E-state index in [2.05, 4.69) is 24.1 Å². The lowest BCUT2D eigenvalue weighted by Gasteiger charge is -2.24. The molecule has 0 radical (unpaired) electrons. The van der Waals surface area contributed by atoms with Crippen LogP contribution in [0.4, 0.5) is 0 Å². The number of imidazole rings is 1. The fourth-order valence-electron chi connectivity index (χ4n) is 2.42. The van der Waals surface area contributed by atoms with Crippen molar-refractivity contribution in [2.24, 2.45) is 11.8 Å². The molecule has 0 N–H and O–H groups in total. The molecule has 0 fully saturated rings. The number of hydrogen-bond donors (Lipinski definition) is 0. The summed E-state index contributed by atoms with van der Waals surface area (Å²) in [5, 5.41) is 1.91. The van der Waals surface area contributed by atoms with E-state index in [1.165, 1.54) is 11.3 Å². The van der Waals surface area contributed by atoms with E-state index in [9.17, 15) is 4.79 Å². The lowest BCUT2D eigenvalue weighted by molar-refractivity contribution is 0.111. The first kappa shape index (κ1) is 12.4. The fraction of sp³-hybridized carbons (Fsp3) is 0.429. The van der Waals surface area contributed by atoms with Crippen LogP contribution in [0.5, 0.6) is 5.88 Å². The predicted octanol–water partition coefficient (Wildman–Crippen LogP) is 3.19. The molecular formula is C14H16N2O2S. The lowest BCUT2D eigenvalue weighted by Crippen LogP contribution is -2.21. The van der Waals surface area contributed by atoms with E-state index in [0.717, 1.165) is 24.1 Å². The van der Waals surface area contributed by atoms with Gasteiger partial charge in [-0.05, 0) is 24.7 Å². The summed E-state index contributed by atoms with van der Waals surface area (Å²) in [6.45, 7) is 2.86. The van der Waals surface area contributed by atoms with E-state index in [-0.39, 0.29) is 0 Å². The maximum absolute atomic E-state index is 11.2. The van der Waals surface area contributed by atoms with Gasteiger partial charge in [0.05, 0.1) is 6.61 Å². The second-order valence-corrected chi connectivity index (χ2v) is 5.84. The molecule has 0 bridgehead atoms. The predicted molar refractivity (Wildman–Crippen MR) is 75.0 cm³/mol. The van der Waals surface area contributed by atoms with Gasteiger partial charge in [0, 0.05) is 11.6 Å². The molecule has 100 valence electrons. The standard InChI is InChI=1S/C14H16N2O2S/c1-10-4-2-3-5-11(10)9-18-13-12(8-17)16-6-7-19-14(16)15-13/h2-3,6-8,10-11H,4-5,9H2,1H3. The molecule has 3 rings (SSSR count). The summed E-state index contributed by atoms with van der Waals surface area (Å²) in [6, 6.07) is 0. The SMILES string of the molecule is CC1CC=CCC1COc1nc2sccn2c1C=O. The Morgan fingerprint density at radius 1 is 1.53 bits per heavy atom. The van der Waals surface area contributed by atoms with Gasteiger partial charge in [0.1, 0.15) is 0 Å². The molecule has 5 heteroatoms. The number of fused-ring (bicyclic) bond motifs is 1. The van der Waals surface area contributed by atoms with Gasteiger partial charge in [-0.3, -0.25) is 9.20 Å². The lowest BCUT2D eigenvalue weighted by atomic mass is 9.85. The van der Waals surface area contributed by atoms with Crippen LogP contribution in [0.2, 0.25) is 0 Å². The van der Waals surface area contributed by atoms with Crippen molar-refractivity contribution in [3.63, 3.8) is 0 Å². The number of aromatic nitrogens is 2. The van der Waals surface area contributed by atoms with Crippen molar-refractivity contribution in [2.45, 2.75) is 19.8 Å². The molecule has 2 aromatic rings. The van der Waals surface area contributed by atoms with Crippen LogP contribution >= 0.6 is 11.3 Å². The zero-order valence-corrected chi connectivity index (χ0v) is 11.6. The number of hydrogen-bond acceptors (Lipinski definition) is 4. The summed E-state index contributed by atoms with van der Waals surface area (Å²) in [7, 11) is 0. The molecular weight excluding hydrogens is 260 g/mol. The summed E-state index contributed by atoms with van der Waals surface area (Å²) in [5.41, 5.74) is 0.509. The van der Waals surface area contributed by atoms with Gasteiger partial charge in [-0.2, -0.15) is 4.98 Å². The third-order valence-corrected chi connectivity index (χ3v) is 4.49. The van der Waals surface area contributed by atoms with Crippen LogP contribution in [-0.4, -0.2) is 22.3 Å². The van der Waals surface area contributed by atoms with Crippen LogP contribution in [0.1, 0.15) is 30.3 Å². The Labute approximate surface area is 115 Å². The molecule has 4 nitrogen and oxygen atoms in total. The Morgan fingerprint density at radius 3 is 3.16 bits per heavy atom. The third kappa shape index (κ3) is 2.30. The maximum Gasteiger partial charge on any atom is 0.244 e. The van der Waals surface area contributed by atoms with Gasteiger partial charge >= 0.3 is 0 Å². The average molecular weight is 276 g/mol. The monoisotopic (exact) mass is 276 g/mol. The van der Waals surface area contributed by atoms with E-state index >= 15 is 0 Å². The van der Waals surface area contributed by atoms with Crippen molar-refractivity contribution in [1.82, 2.24) is 9.38 Å². The summed E-state index contributed by atoms with van der Waals surface area (Å²) >= 11 is 1.50. The normalized spacial score (nSPS) is 22.8. The van der Waals surface area contributed by atoms with Crippen molar-refractivity contribution in [1.29, 1.82) is 0 Å². The molecule has 19 heavy (non-hydrogen) atoms. The molecule has 1 aliphatic rings. The van der Waals surface area contributed by atoms with Crippen LogP contribution in [0.3, 0.4) is 0 Å². The highest BCUT2D eigenvalue weighted by molar-refractivity contribution is 7.15. The third-order valence-electron chi connectivity index (χ3n) is 3.73. The smallest absolute Gasteiger partial charge is 0.244 e. The maximum atomic E-state index is 11.2. The minimum absolute atomic E-state index is 0.462. The molecule has 2 heterocycles. The first-order valence-corrected chi connectivity index (χ1v) is 7.36. The van der Waals surface area contributed by atoms with Gasteiger partial charge in [-0.25, -0.2) is 0 Å². The molecule has 0 aliphatic heterocycles. The molecule has 1 aliphatic carbocycles. The Bertz CT molecular complexity index is 614. The van der Waals surface area contributed by atoms with Gasteiger partial charge in [0.25, 0.3) is 0 Å². The Kier molecular flexibility index (Phi) is 3.38. The number of carbonyl (C=O) groups excluding carboxylic acids is 1. The van der Waals surface area contributed by atoms with E-state index in [0.29, 0.717) is 30.0 Å².